The quantitative estimate of drug-likeness (QED) is 0.264. The molecule has 7 heteroatoms. The number of ether oxygens (including phenoxy) is 1. The van der Waals surface area contributed by atoms with Gasteiger partial charge in [0.1, 0.15) is 11.4 Å². The first-order valence-corrected chi connectivity index (χ1v) is 12.1. The monoisotopic (exact) mass is 494 g/mol. The molecule has 188 valence electrons. The van der Waals surface area contributed by atoms with Crippen LogP contribution in [0.3, 0.4) is 0 Å². The molecule has 4 rings (SSSR count). The fraction of sp³-hybridized carbons (Fsp3) is 0.233. The van der Waals surface area contributed by atoms with Crippen molar-refractivity contribution in [2.45, 2.75) is 32.8 Å². The number of fused-ring (bicyclic) bond motifs is 1. The van der Waals surface area contributed by atoms with Crippen molar-refractivity contribution in [2.24, 2.45) is 0 Å². The number of alkyl carbamates (subject to hydrolysis) is 1. The molecule has 3 aromatic carbocycles. The smallest absolute Gasteiger partial charge is 0.413 e. The van der Waals surface area contributed by atoms with Gasteiger partial charge in [-0.25, -0.2) is 4.79 Å². The van der Waals surface area contributed by atoms with Gasteiger partial charge in [0.2, 0.25) is 0 Å². The van der Waals surface area contributed by atoms with Gasteiger partial charge in [0.05, 0.1) is 6.54 Å². The highest BCUT2D eigenvalue weighted by atomic mass is 16.6. The van der Waals surface area contributed by atoms with Crippen molar-refractivity contribution >= 4 is 29.2 Å². The highest BCUT2D eigenvalue weighted by molar-refractivity contribution is 6.07. The summed E-state index contributed by atoms with van der Waals surface area (Å²) in [7, 11) is 0. The van der Waals surface area contributed by atoms with E-state index in [0.29, 0.717) is 24.2 Å². The van der Waals surface area contributed by atoms with Gasteiger partial charge in [-0.1, -0.05) is 30.0 Å². The summed E-state index contributed by atoms with van der Waals surface area (Å²) in [5, 5.41) is 13.7. The van der Waals surface area contributed by atoms with Crippen LogP contribution in [-0.2, 0) is 11.2 Å². The molecule has 1 heterocycles. The Labute approximate surface area is 217 Å². The molecule has 0 spiro atoms. The average Bonchev–Trinajstić information content (AvgIpc) is 3.30. The molecule has 3 aromatic rings. The van der Waals surface area contributed by atoms with E-state index in [0.717, 1.165) is 23.4 Å². The minimum absolute atomic E-state index is 0.00366. The third kappa shape index (κ3) is 6.77. The average molecular weight is 495 g/mol. The van der Waals surface area contributed by atoms with Gasteiger partial charge in [-0.2, -0.15) is 0 Å². The van der Waals surface area contributed by atoms with Gasteiger partial charge >= 0.3 is 6.09 Å². The molecule has 7 nitrogen and oxygen atoms in total. The van der Waals surface area contributed by atoms with Crippen LogP contribution in [0.5, 0.6) is 0 Å². The third-order valence-electron chi connectivity index (χ3n) is 5.68. The van der Waals surface area contributed by atoms with Gasteiger partial charge < -0.3 is 15.0 Å². The van der Waals surface area contributed by atoms with E-state index >= 15 is 0 Å². The molecule has 2 amide bonds. The molecule has 0 fully saturated rings. The van der Waals surface area contributed by atoms with Gasteiger partial charge in [0, 0.05) is 34.6 Å². The first-order chi connectivity index (χ1) is 17.7. The Bertz CT molecular complexity index is 1360. The van der Waals surface area contributed by atoms with Crippen molar-refractivity contribution < 1.29 is 14.3 Å². The minimum atomic E-state index is -0.659. The van der Waals surface area contributed by atoms with Gasteiger partial charge in [-0.05, 0) is 87.4 Å². The number of anilines is 2. The lowest BCUT2D eigenvalue weighted by atomic mass is 10.1. The van der Waals surface area contributed by atoms with Crippen LogP contribution < -0.4 is 15.5 Å². The number of para-hydroxylation sites is 1. The second-order valence-corrected chi connectivity index (χ2v) is 9.65. The summed E-state index contributed by atoms with van der Waals surface area (Å²) in [6.45, 7) is 6.44. The van der Waals surface area contributed by atoms with Crippen molar-refractivity contribution in [1.82, 2.24) is 5.32 Å². The summed E-state index contributed by atoms with van der Waals surface area (Å²) in [6.07, 6.45) is 0.223. The number of hydrogen-bond donors (Lipinski definition) is 3. The zero-order valence-corrected chi connectivity index (χ0v) is 21.2. The van der Waals surface area contributed by atoms with Crippen molar-refractivity contribution in [2.75, 3.05) is 23.3 Å². The predicted octanol–water partition coefficient (Wildman–Crippen LogP) is 5.20. The first kappa shape index (κ1) is 25.5. The molecule has 0 saturated heterocycles. The highest BCUT2D eigenvalue weighted by Crippen LogP contribution is 2.28. The molecule has 1 aliphatic rings. The number of carbonyl (C=O) groups excluding carboxylic acids is 2. The maximum Gasteiger partial charge on any atom is 0.413 e. The van der Waals surface area contributed by atoms with E-state index < -0.39 is 11.7 Å². The number of nitrogens with one attached hydrogen (secondary N) is 3. The van der Waals surface area contributed by atoms with E-state index in [9.17, 15) is 9.59 Å². The largest absolute Gasteiger partial charge is 0.444 e. The second-order valence-electron chi connectivity index (χ2n) is 9.65. The van der Waals surface area contributed by atoms with Gasteiger partial charge in [-0.15, -0.1) is 0 Å². The van der Waals surface area contributed by atoms with Crippen LogP contribution in [0, 0.1) is 17.3 Å². The Morgan fingerprint density at radius 1 is 0.973 bits per heavy atom. The fourth-order valence-corrected chi connectivity index (χ4v) is 3.93. The molecular formula is C30H30N4O3. The van der Waals surface area contributed by atoms with E-state index in [1.807, 2.05) is 59.5 Å². The van der Waals surface area contributed by atoms with Crippen molar-refractivity contribution in [1.29, 1.82) is 5.41 Å². The topological polar surface area (TPSA) is 94.5 Å². The van der Waals surface area contributed by atoms with Crippen molar-refractivity contribution in [3.8, 4) is 11.8 Å². The number of carbonyl (C=O) groups is 2. The molecule has 1 aliphatic heterocycles. The summed E-state index contributed by atoms with van der Waals surface area (Å²) in [4.78, 5) is 26.6. The Morgan fingerprint density at radius 2 is 1.65 bits per heavy atom. The van der Waals surface area contributed by atoms with Crippen LogP contribution in [-0.4, -0.2) is 36.5 Å². The van der Waals surface area contributed by atoms with Crippen LogP contribution >= 0.6 is 0 Å². The third-order valence-corrected chi connectivity index (χ3v) is 5.68. The molecule has 0 atom stereocenters. The summed E-state index contributed by atoms with van der Waals surface area (Å²) >= 11 is 0. The molecule has 0 aliphatic carbocycles. The zero-order chi connectivity index (χ0) is 26.4. The molecule has 37 heavy (non-hydrogen) atoms. The molecule has 0 bridgehead atoms. The van der Waals surface area contributed by atoms with Crippen LogP contribution in [0.4, 0.5) is 16.2 Å². The number of amidine groups is 1. The maximum absolute atomic E-state index is 13.0. The summed E-state index contributed by atoms with van der Waals surface area (Å²) < 4.78 is 5.17. The van der Waals surface area contributed by atoms with Crippen LogP contribution in [0.15, 0.2) is 72.8 Å². The Hall–Kier alpha value is -4.57. The second kappa shape index (κ2) is 11.0. The number of benzene rings is 3. The van der Waals surface area contributed by atoms with Crippen molar-refractivity contribution in [3.05, 3.63) is 95.1 Å². The van der Waals surface area contributed by atoms with Crippen molar-refractivity contribution in [3.63, 3.8) is 0 Å². The lowest BCUT2D eigenvalue weighted by molar-refractivity contribution is 0.0563. The Kier molecular flexibility index (Phi) is 7.59. The standard InChI is InChI=1S/C30H30N4O3/c1-30(2,3)37-29(36)33-27(31)23-14-16-25(17-15-23)32-19-6-7-21-10-12-24(13-11-21)28(35)34-20-18-22-8-4-5-9-26(22)34/h4-5,8-17,32H,18-20H2,1-3H3,(H2,31,33,36). The lowest BCUT2D eigenvalue weighted by Gasteiger charge is -2.19. The van der Waals surface area contributed by atoms with Gasteiger partial charge in [0.25, 0.3) is 5.91 Å². The predicted molar refractivity (Wildman–Crippen MR) is 146 cm³/mol. The van der Waals surface area contributed by atoms with E-state index in [4.69, 9.17) is 10.1 Å². The van der Waals surface area contributed by atoms with Crippen LogP contribution in [0.1, 0.15) is 47.8 Å². The minimum Gasteiger partial charge on any atom is -0.444 e. The SMILES string of the molecule is CC(C)(C)OC(=O)NC(=N)c1ccc(NCC#Cc2ccc(C(=O)N3CCc4ccccc43)cc2)cc1. The lowest BCUT2D eigenvalue weighted by Crippen LogP contribution is -2.36. The summed E-state index contributed by atoms with van der Waals surface area (Å²) in [5.74, 6) is 6.16. The summed E-state index contributed by atoms with van der Waals surface area (Å²) in [6, 6.07) is 22.5. The van der Waals surface area contributed by atoms with Crippen LogP contribution in [0.2, 0.25) is 0 Å². The van der Waals surface area contributed by atoms with E-state index in [1.54, 1.807) is 32.9 Å². The molecule has 0 radical (unpaired) electrons. The molecule has 0 aromatic heterocycles. The Morgan fingerprint density at radius 3 is 2.35 bits per heavy atom. The normalized spacial score (nSPS) is 12.1. The summed E-state index contributed by atoms with van der Waals surface area (Å²) in [5.41, 5.74) is 4.45. The van der Waals surface area contributed by atoms with Gasteiger partial charge in [0.15, 0.2) is 0 Å². The number of hydrogen-bond acceptors (Lipinski definition) is 5. The number of nitrogens with zero attached hydrogens (tertiary/aromatic N) is 1. The Balaban J connectivity index is 1.27. The highest BCUT2D eigenvalue weighted by Gasteiger charge is 2.24. The maximum atomic E-state index is 13.0. The molecule has 3 N–H and O–H groups in total. The fourth-order valence-electron chi connectivity index (χ4n) is 3.93. The van der Waals surface area contributed by atoms with E-state index in [1.165, 1.54) is 5.56 Å². The van der Waals surface area contributed by atoms with E-state index in [-0.39, 0.29) is 11.7 Å². The number of rotatable bonds is 4. The van der Waals surface area contributed by atoms with Gasteiger partial charge in [-0.3, -0.25) is 15.5 Å². The molecular weight excluding hydrogens is 464 g/mol. The van der Waals surface area contributed by atoms with Crippen LogP contribution in [0.25, 0.3) is 0 Å². The zero-order valence-electron chi connectivity index (χ0n) is 21.2. The van der Waals surface area contributed by atoms with E-state index in [2.05, 4.69) is 28.5 Å². The molecule has 0 unspecified atom stereocenters. The first-order valence-electron chi connectivity index (χ1n) is 12.1. The molecule has 0 saturated carbocycles. The number of amides is 2.